The van der Waals surface area contributed by atoms with Crippen molar-refractivity contribution >= 4 is 22.6 Å². The number of hydrogen-bond donors (Lipinski definition) is 3. The van der Waals surface area contributed by atoms with Crippen molar-refractivity contribution in [3.8, 4) is 0 Å². The molecule has 3 N–H and O–H groups in total. The molecule has 106 valence electrons. The maximum Gasteiger partial charge on any atom is 0.319 e. The van der Waals surface area contributed by atoms with E-state index in [4.69, 9.17) is 0 Å². The van der Waals surface area contributed by atoms with Crippen molar-refractivity contribution in [2.24, 2.45) is 0 Å². The third-order valence-corrected chi connectivity index (χ3v) is 3.35. The van der Waals surface area contributed by atoms with Crippen LogP contribution in [0.15, 0.2) is 54.7 Å². The van der Waals surface area contributed by atoms with Crippen molar-refractivity contribution in [2.75, 3.05) is 5.32 Å². The molecule has 3 rings (SSSR count). The number of carbonyl (C=O) groups is 1. The van der Waals surface area contributed by atoms with E-state index in [1.807, 2.05) is 55.6 Å². The van der Waals surface area contributed by atoms with Crippen LogP contribution in [0.25, 0.3) is 10.9 Å². The van der Waals surface area contributed by atoms with E-state index in [9.17, 15) is 4.79 Å². The van der Waals surface area contributed by atoms with Gasteiger partial charge in [-0.3, -0.25) is 0 Å². The molecule has 0 saturated carbocycles. The van der Waals surface area contributed by atoms with Crippen molar-refractivity contribution in [1.82, 2.24) is 10.3 Å². The Morgan fingerprint density at radius 3 is 2.90 bits per heavy atom. The number of rotatable bonds is 3. The molecule has 0 aliphatic rings. The summed E-state index contributed by atoms with van der Waals surface area (Å²) in [6.45, 7) is 2.55. The van der Waals surface area contributed by atoms with Crippen LogP contribution in [0.5, 0.6) is 0 Å². The monoisotopic (exact) mass is 279 g/mol. The van der Waals surface area contributed by atoms with Crippen molar-refractivity contribution in [3.05, 3.63) is 65.9 Å². The van der Waals surface area contributed by atoms with Crippen LogP contribution in [0, 0.1) is 6.92 Å². The first-order valence-corrected chi connectivity index (χ1v) is 6.88. The lowest BCUT2D eigenvalue weighted by atomic mass is 10.1. The molecule has 2 aromatic carbocycles. The number of anilines is 1. The molecule has 21 heavy (non-hydrogen) atoms. The Balaban J connectivity index is 1.60. The highest BCUT2D eigenvalue weighted by Gasteiger charge is 2.03. The molecule has 4 heteroatoms. The smallest absolute Gasteiger partial charge is 0.319 e. The minimum absolute atomic E-state index is 0.206. The van der Waals surface area contributed by atoms with Gasteiger partial charge in [-0.2, -0.15) is 0 Å². The molecule has 0 saturated heterocycles. The minimum Gasteiger partial charge on any atom is -0.361 e. The first kappa shape index (κ1) is 13.2. The summed E-state index contributed by atoms with van der Waals surface area (Å²) in [5, 5.41) is 6.82. The summed E-state index contributed by atoms with van der Waals surface area (Å²) in [6, 6.07) is 15.7. The predicted octanol–water partition coefficient (Wildman–Crippen LogP) is 3.80. The van der Waals surface area contributed by atoms with E-state index in [-0.39, 0.29) is 6.03 Å². The molecule has 0 spiro atoms. The van der Waals surface area contributed by atoms with Crippen molar-refractivity contribution in [1.29, 1.82) is 0 Å². The van der Waals surface area contributed by atoms with Crippen LogP contribution < -0.4 is 10.6 Å². The molecule has 2 amide bonds. The highest BCUT2D eigenvalue weighted by atomic mass is 16.2. The molecule has 0 unspecified atom stereocenters. The normalized spacial score (nSPS) is 10.5. The lowest BCUT2D eigenvalue weighted by molar-refractivity contribution is 0.251. The van der Waals surface area contributed by atoms with E-state index in [2.05, 4.69) is 21.7 Å². The van der Waals surface area contributed by atoms with Gasteiger partial charge in [0, 0.05) is 23.9 Å². The zero-order chi connectivity index (χ0) is 14.7. The second kappa shape index (κ2) is 5.71. The van der Waals surface area contributed by atoms with Gasteiger partial charge in [0.05, 0.1) is 0 Å². The fraction of sp³-hybridized carbons (Fsp3) is 0.118. The minimum atomic E-state index is -0.206. The van der Waals surface area contributed by atoms with Gasteiger partial charge < -0.3 is 15.6 Å². The summed E-state index contributed by atoms with van der Waals surface area (Å²) in [7, 11) is 0. The summed E-state index contributed by atoms with van der Waals surface area (Å²) in [5.74, 6) is 0. The molecule has 0 aliphatic carbocycles. The number of fused-ring (bicyclic) bond motifs is 1. The van der Waals surface area contributed by atoms with Gasteiger partial charge in [0.25, 0.3) is 0 Å². The number of benzene rings is 2. The van der Waals surface area contributed by atoms with Gasteiger partial charge in [-0.1, -0.05) is 35.9 Å². The van der Waals surface area contributed by atoms with Crippen molar-refractivity contribution in [3.63, 3.8) is 0 Å². The van der Waals surface area contributed by atoms with Crippen LogP contribution in [-0.4, -0.2) is 11.0 Å². The Labute approximate surface area is 123 Å². The van der Waals surface area contributed by atoms with Crippen LogP contribution in [0.4, 0.5) is 10.5 Å². The average Bonchev–Trinajstić information content (AvgIpc) is 2.93. The largest absolute Gasteiger partial charge is 0.361 e. The molecule has 0 atom stereocenters. The van der Waals surface area contributed by atoms with Gasteiger partial charge in [-0.05, 0) is 36.1 Å². The van der Waals surface area contributed by atoms with Gasteiger partial charge in [0.1, 0.15) is 0 Å². The van der Waals surface area contributed by atoms with Gasteiger partial charge in [-0.15, -0.1) is 0 Å². The Morgan fingerprint density at radius 2 is 2.05 bits per heavy atom. The summed E-state index contributed by atoms with van der Waals surface area (Å²) >= 11 is 0. The topological polar surface area (TPSA) is 56.9 Å². The van der Waals surface area contributed by atoms with Gasteiger partial charge >= 0.3 is 6.03 Å². The molecule has 1 heterocycles. The number of amides is 2. The fourth-order valence-electron chi connectivity index (χ4n) is 2.31. The van der Waals surface area contributed by atoms with Crippen molar-refractivity contribution < 1.29 is 4.79 Å². The van der Waals surface area contributed by atoms with E-state index in [1.54, 1.807) is 0 Å². The quantitative estimate of drug-likeness (QED) is 0.671. The lowest BCUT2D eigenvalue weighted by Gasteiger charge is -2.08. The van der Waals surface area contributed by atoms with Gasteiger partial charge in [0.15, 0.2) is 0 Å². The Kier molecular flexibility index (Phi) is 3.60. The second-order valence-electron chi connectivity index (χ2n) is 5.08. The third kappa shape index (κ3) is 3.23. The standard InChI is InChI=1S/C17H17N3O/c1-12-3-2-4-13(9-12)11-19-17(21)20-15-6-5-14-7-8-18-16(14)10-15/h2-10,18H,11H2,1H3,(H2,19,20,21). The number of carbonyl (C=O) groups excluding carboxylic acids is 1. The Morgan fingerprint density at radius 1 is 1.14 bits per heavy atom. The number of urea groups is 1. The molecule has 0 bridgehead atoms. The van der Waals surface area contributed by atoms with Crippen LogP contribution in [0.2, 0.25) is 0 Å². The number of aryl methyl sites for hydroxylation is 1. The summed E-state index contributed by atoms with van der Waals surface area (Å²) in [5.41, 5.74) is 4.05. The summed E-state index contributed by atoms with van der Waals surface area (Å²) < 4.78 is 0. The van der Waals surface area contributed by atoms with E-state index < -0.39 is 0 Å². The van der Waals surface area contributed by atoms with Crippen LogP contribution in [0.3, 0.4) is 0 Å². The third-order valence-electron chi connectivity index (χ3n) is 3.35. The summed E-state index contributed by atoms with van der Waals surface area (Å²) in [6.07, 6.45) is 1.88. The second-order valence-corrected chi connectivity index (χ2v) is 5.08. The number of aromatic amines is 1. The zero-order valence-electron chi connectivity index (χ0n) is 11.8. The van der Waals surface area contributed by atoms with Gasteiger partial charge in [0.2, 0.25) is 0 Å². The van der Waals surface area contributed by atoms with Gasteiger partial charge in [-0.25, -0.2) is 4.79 Å². The molecule has 0 radical (unpaired) electrons. The molecule has 1 aromatic heterocycles. The molecule has 3 aromatic rings. The molecule has 0 fully saturated rings. The van der Waals surface area contributed by atoms with Crippen molar-refractivity contribution in [2.45, 2.75) is 13.5 Å². The van der Waals surface area contributed by atoms with E-state index in [1.165, 1.54) is 5.56 Å². The molecule has 0 aliphatic heterocycles. The molecule has 4 nitrogen and oxygen atoms in total. The predicted molar refractivity (Wildman–Crippen MR) is 85.3 cm³/mol. The number of hydrogen-bond acceptors (Lipinski definition) is 1. The number of nitrogens with one attached hydrogen (secondary N) is 3. The highest BCUT2D eigenvalue weighted by molar-refractivity contribution is 5.92. The SMILES string of the molecule is Cc1cccc(CNC(=O)Nc2ccc3cc[nH]c3c2)c1. The maximum atomic E-state index is 11.9. The Bertz CT molecular complexity index is 776. The van der Waals surface area contributed by atoms with E-state index in [0.717, 1.165) is 22.2 Å². The number of H-pyrrole nitrogens is 1. The Hall–Kier alpha value is -2.75. The molecular formula is C17H17N3O. The average molecular weight is 279 g/mol. The zero-order valence-corrected chi connectivity index (χ0v) is 11.8. The first-order valence-electron chi connectivity index (χ1n) is 6.88. The van der Waals surface area contributed by atoms with E-state index in [0.29, 0.717) is 6.54 Å². The van der Waals surface area contributed by atoms with E-state index >= 15 is 0 Å². The summed E-state index contributed by atoms with van der Waals surface area (Å²) in [4.78, 5) is 15.0. The maximum absolute atomic E-state index is 11.9. The fourth-order valence-corrected chi connectivity index (χ4v) is 2.31. The van der Waals surface area contributed by atoms with Crippen LogP contribution in [0.1, 0.15) is 11.1 Å². The number of aromatic nitrogens is 1. The first-order chi connectivity index (χ1) is 10.2. The van der Waals surface area contributed by atoms with Crippen LogP contribution in [-0.2, 0) is 6.54 Å². The van der Waals surface area contributed by atoms with Crippen LogP contribution >= 0.6 is 0 Å². The molecular weight excluding hydrogens is 262 g/mol. The highest BCUT2D eigenvalue weighted by Crippen LogP contribution is 2.17. The lowest BCUT2D eigenvalue weighted by Crippen LogP contribution is -2.28.